The van der Waals surface area contributed by atoms with Crippen molar-refractivity contribution in [3.63, 3.8) is 0 Å². The SMILES string of the molecule is CCCC(C)(CNCC)CN1CCOC(CC)C1. The van der Waals surface area contributed by atoms with Crippen LogP contribution in [0.3, 0.4) is 0 Å². The van der Waals surface area contributed by atoms with Gasteiger partial charge in [-0.25, -0.2) is 0 Å². The molecule has 0 aromatic carbocycles. The minimum Gasteiger partial charge on any atom is -0.376 e. The van der Waals surface area contributed by atoms with E-state index in [1.54, 1.807) is 0 Å². The van der Waals surface area contributed by atoms with Crippen LogP contribution in [0.15, 0.2) is 0 Å². The Labute approximate surface area is 113 Å². The molecule has 3 heteroatoms. The van der Waals surface area contributed by atoms with Gasteiger partial charge in [-0.2, -0.15) is 0 Å². The lowest BCUT2D eigenvalue weighted by Gasteiger charge is -2.39. The Morgan fingerprint density at radius 3 is 2.72 bits per heavy atom. The van der Waals surface area contributed by atoms with Gasteiger partial charge in [-0.05, 0) is 24.8 Å². The van der Waals surface area contributed by atoms with Crippen LogP contribution in [0.4, 0.5) is 0 Å². The molecular weight excluding hydrogens is 224 g/mol. The van der Waals surface area contributed by atoms with Crippen molar-refractivity contribution in [2.45, 2.75) is 53.1 Å². The Kier molecular flexibility index (Phi) is 7.20. The summed E-state index contributed by atoms with van der Waals surface area (Å²) in [6.07, 6.45) is 4.15. The molecule has 0 aliphatic carbocycles. The van der Waals surface area contributed by atoms with Gasteiger partial charge >= 0.3 is 0 Å². The summed E-state index contributed by atoms with van der Waals surface area (Å²) in [5.74, 6) is 0. The molecule has 1 fully saturated rings. The quantitative estimate of drug-likeness (QED) is 0.722. The molecule has 3 nitrogen and oxygen atoms in total. The van der Waals surface area contributed by atoms with Gasteiger partial charge in [0, 0.05) is 26.2 Å². The second-order valence-corrected chi connectivity index (χ2v) is 5.98. The maximum atomic E-state index is 5.76. The molecule has 0 radical (unpaired) electrons. The van der Waals surface area contributed by atoms with Crippen molar-refractivity contribution in [3.05, 3.63) is 0 Å². The second kappa shape index (κ2) is 8.13. The second-order valence-electron chi connectivity index (χ2n) is 5.98. The highest BCUT2D eigenvalue weighted by Crippen LogP contribution is 2.25. The molecule has 1 heterocycles. The summed E-state index contributed by atoms with van der Waals surface area (Å²) in [6, 6.07) is 0. The Balaban J connectivity index is 2.48. The van der Waals surface area contributed by atoms with E-state index in [1.165, 1.54) is 19.4 Å². The summed E-state index contributed by atoms with van der Waals surface area (Å²) < 4.78 is 5.76. The molecule has 0 aromatic heterocycles. The number of hydrogen-bond acceptors (Lipinski definition) is 3. The lowest BCUT2D eigenvalue weighted by atomic mass is 9.84. The summed E-state index contributed by atoms with van der Waals surface area (Å²) in [4.78, 5) is 2.60. The van der Waals surface area contributed by atoms with Crippen molar-refractivity contribution in [1.82, 2.24) is 10.2 Å². The van der Waals surface area contributed by atoms with Crippen molar-refractivity contribution in [1.29, 1.82) is 0 Å². The molecule has 1 rings (SSSR count). The van der Waals surface area contributed by atoms with E-state index in [2.05, 4.69) is 37.9 Å². The van der Waals surface area contributed by atoms with Gasteiger partial charge in [0.05, 0.1) is 12.7 Å². The largest absolute Gasteiger partial charge is 0.376 e. The van der Waals surface area contributed by atoms with Crippen molar-refractivity contribution < 1.29 is 4.74 Å². The van der Waals surface area contributed by atoms with Gasteiger partial charge in [-0.3, -0.25) is 4.90 Å². The molecule has 0 spiro atoms. The van der Waals surface area contributed by atoms with Crippen molar-refractivity contribution >= 4 is 0 Å². The fourth-order valence-corrected chi connectivity index (χ4v) is 2.96. The molecule has 18 heavy (non-hydrogen) atoms. The smallest absolute Gasteiger partial charge is 0.0700 e. The van der Waals surface area contributed by atoms with Crippen LogP contribution < -0.4 is 5.32 Å². The molecule has 0 bridgehead atoms. The third-order valence-electron chi connectivity index (χ3n) is 3.94. The molecular formula is C15H32N2O. The highest BCUT2D eigenvalue weighted by Gasteiger charge is 2.28. The molecule has 1 N–H and O–H groups in total. The standard InChI is InChI=1S/C15H32N2O/c1-5-8-15(4,12-16-7-3)13-17-9-10-18-14(6-2)11-17/h14,16H,5-13H2,1-4H3. The van der Waals surface area contributed by atoms with Gasteiger partial charge in [0.2, 0.25) is 0 Å². The lowest BCUT2D eigenvalue weighted by molar-refractivity contribution is -0.0416. The highest BCUT2D eigenvalue weighted by molar-refractivity contribution is 4.83. The Morgan fingerprint density at radius 2 is 2.11 bits per heavy atom. The molecule has 0 amide bonds. The number of nitrogens with one attached hydrogen (secondary N) is 1. The topological polar surface area (TPSA) is 24.5 Å². The van der Waals surface area contributed by atoms with E-state index in [9.17, 15) is 0 Å². The number of ether oxygens (including phenoxy) is 1. The van der Waals surface area contributed by atoms with Gasteiger partial charge in [0.25, 0.3) is 0 Å². The van der Waals surface area contributed by atoms with Gasteiger partial charge in [-0.15, -0.1) is 0 Å². The zero-order chi connectivity index (χ0) is 13.4. The van der Waals surface area contributed by atoms with Crippen LogP contribution in [-0.2, 0) is 4.74 Å². The first-order valence-corrected chi connectivity index (χ1v) is 7.68. The summed E-state index contributed by atoms with van der Waals surface area (Å²) in [6.45, 7) is 15.6. The molecule has 1 aliphatic heterocycles. The minimum absolute atomic E-state index is 0.403. The fraction of sp³-hybridized carbons (Fsp3) is 1.00. The molecule has 0 aromatic rings. The predicted molar refractivity (Wildman–Crippen MR) is 78.0 cm³/mol. The van der Waals surface area contributed by atoms with E-state index in [0.29, 0.717) is 11.5 Å². The van der Waals surface area contributed by atoms with Gasteiger partial charge < -0.3 is 10.1 Å². The molecule has 2 atom stereocenters. The maximum Gasteiger partial charge on any atom is 0.0700 e. The first-order valence-electron chi connectivity index (χ1n) is 7.68. The third-order valence-corrected chi connectivity index (χ3v) is 3.94. The average molecular weight is 256 g/mol. The monoisotopic (exact) mass is 256 g/mol. The summed E-state index contributed by atoms with van der Waals surface area (Å²) in [7, 11) is 0. The van der Waals surface area contributed by atoms with Crippen molar-refractivity contribution in [3.8, 4) is 0 Å². The zero-order valence-electron chi connectivity index (χ0n) is 12.8. The van der Waals surface area contributed by atoms with Gasteiger partial charge in [0.15, 0.2) is 0 Å². The van der Waals surface area contributed by atoms with E-state index < -0.39 is 0 Å². The predicted octanol–water partition coefficient (Wildman–Crippen LogP) is 2.51. The van der Waals surface area contributed by atoms with Crippen molar-refractivity contribution in [2.24, 2.45) is 5.41 Å². The molecule has 108 valence electrons. The van der Waals surface area contributed by atoms with Gasteiger partial charge in [-0.1, -0.05) is 34.1 Å². The number of hydrogen-bond donors (Lipinski definition) is 1. The fourth-order valence-electron chi connectivity index (χ4n) is 2.96. The lowest BCUT2D eigenvalue weighted by Crippen LogP contribution is -2.49. The van der Waals surface area contributed by atoms with E-state index in [-0.39, 0.29) is 0 Å². The normalized spacial score (nSPS) is 25.0. The highest BCUT2D eigenvalue weighted by atomic mass is 16.5. The third kappa shape index (κ3) is 5.25. The zero-order valence-corrected chi connectivity index (χ0v) is 12.8. The van der Waals surface area contributed by atoms with Crippen LogP contribution in [0.2, 0.25) is 0 Å². The summed E-state index contributed by atoms with van der Waals surface area (Å²) >= 11 is 0. The Hall–Kier alpha value is -0.120. The molecule has 1 saturated heterocycles. The van der Waals surface area contributed by atoms with Crippen LogP contribution in [-0.4, -0.2) is 50.3 Å². The van der Waals surface area contributed by atoms with Gasteiger partial charge in [0.1, 0.15) is 0 Å². The van der Waals surface area contributed by atoms with Crippen LogP contribution in [0.25, 0.3) is 0 Å². The van der Waals surface area contributed by atoms with Crippen LogP contribution in [0.1, 0.15) is 47.0 Å². The van der Waals surface area contributed by atoms with Crippen LogP contribution in [0, 0.1) is 5.41 Å². The molecule has 1 aliphatic rings. The minimum atomic E-state index is 0.403. The van der Waals surface area contributed by atoms with Crippen molar-refractivity contribution in [2.75, 3.05) is 39.3 Å². The Bertz CT molecular complexity index is 223. The van der Waals surface area contributed by atoms with Crippen LogP contribution in [0.5, 0.6) is 0 Å². The first kappa shape index (κ1) is 15.9. The average Bonchev–Trinajstić information content (AvgIpc) is 2.37. The van der Waals surface area contributed by atoms with E-state index >= 15 is 0 Å². The summed E-state index contributed by atoms with van der Waals surface area (Å²) in [5, 5.41) is 3.53. The van der Waals surface area contributed by atoms with E-state index in [0.717, 1.165) is 39.2 Å². The molecule has 2 unspecified atom stereocenters. The number of nitrogens with zero attached hydrogens (tertiary/aromatic N) is 1. The molecule has 0 saturated carbocycles. The van der Waals surface area contributed by atoms with E-state index in [1.807, 2.05) is 0 Å². The van der Waals surface area contributed by atoms with Crippen LogP contribution >= 0.6 is 0 Å². The first-order chi connectivity index (χ1) is 8.63. The summed E-state index contributed by atoms with van der Waals surface area (Å²) in [5.41, 5.74) is 0.403. The Morgan fingerprint density at radius 1 is 1.33 bits per heavy atom. The number of rotatable bonds is 8. The number of morpholine rings is 1. The van der Waals surface area contributed by atoms with E-state index in [4.69, 9.17) is 4.74 Å². The maximum absolute atomic E-state index is 5.76.